The molecule has 1 aromatic carbocycles. The summed E-state index contributed by atoms with van der Waals surface area (Å²) in [4.78, 5) is 19.4. The largest absolute Gasteiger partial charge is 1.00 e. The van der Waals surface area contributed by atoms with Crippen LogP contribution in [-0.2, 0) is 19.7 Å². The van der Waals surface area contributed by atoms with Gasteiger partial charge in [-0.15, -0.1) is 0 Å². The molecule has 0 heterocycles. The van der Waals surface area contributed by atoms with Crippen molar-refractivity contribution in [3.63, 3.8) is 0 Å². The Kier molecular flexibility index (Phi) is 5.91. The first-order valence-electron chi connectivity index (χ1n) is 3.79. The van der Waals surface area contributed by atoms with Crippen LogP contribution in [0.3, 0.4) is 0 Å². The topological polar surface area (TPSA) is 110 Å². The van der Waals surface area contributed by atoms with Gasteiger partial charge < -0.3 is 14.0 Å². The number of rotatable bonds is 5. The van der Waals surface area contributed by atoms with E-state index in [2.05, 4.69) is 9.47 Å². The Bertz CT molecular complexity index is 482. The fourth-order valence-electron chi connectivity index (χ4n) is 0.937. The van der Waals surface area contributed by atoms with E-state index in [-0.39, 0.29) is 43.3 Å². The molecule has 0 aromatic heterocycles. The van der Waals surface area contributed by atoms with Crippen LogP contribution in [-0.4, -0.2) is 25.9 Å². The summed E-state index contributed by atoms with van der Waals surface area (Å²) in [5.41, 5.74) is 0. The smallest absolute Gasteiger partial charge is 0.744 e. The molecule has 0 radical (unpaired) electrons. The molecule has 0 amide bonds. The van der Waals surface area contributed by atoms with Gasteiger partial charge in [0.15, 0.2) is 0 Å². The molecule has 9 heteroatoms. The van der Waals surface area contributed by atoms with E-state index in [1.165, 1.54) is 0 Å². The molecule has 0 fully saturated rings. The molecular weight excluding hydrogens is 247 g/mol. The monoisotopic (exact) mass is 252 g/mol. The average molecular weight is 252 g/mol. The summed E-state index contributed by atoms with van der Waals surface area (Å²) in [7, 11) is -4.73. The second kappa shape index (κ2) is 6.41. The molecule has 0 N–H and O–H groups in total. The number of carbonyl (C=O) groups is 2. The van der Waals surface area contributed by atoms with Gasteiger partial charge in [-0.1, -0.05) is 0 Å². The van der Waals surface area contributed by atoms with Crippen molar-refractivity contribution in [3.8, 4) is 11.5 Å². The molecule has 1 rings (SSSR count). The van der Waals surface area contributed by atoms with Crippen LogP contribution in [0, 0.1) is 0 Å². The summed E-state index contributed by atoms with van der Waals surface area (Å²) >= 11 is 0. The van der Waals surface area contributed by atoms with Gasteiger partial charge in [-0.25, -0.2) is 8.42 Å². The van der Waals surface area contributed by atoms with Crippen molar-refractivity contribution in [2.24, 2.45) is 0 Å². The van der Waals surface area contributed by atoms with E-state index in [4.69, 9.17) is 0 Å². The van der Waals surface area contributed by atoms with Crippen LogP contribution in [0.4, 0.5) is 0 Å². The molecule has 17 heavy (non-hydrogen) atoms. The maximum atomic E-state index is 10.7. The van der Waals surface area contributed by atoms with Gasteiger partial charge in [0.2, 0.25) is 0 Å². The molecule has 7 nitrogen and oxygen atoms in total. The van der Waals surface area contributed by atoms with E-state index in [0.29, 0.717) is 0 Å². The number of benzene rings is 1. The minimum absolute atomic E-state index is 0. The van der Waals surface area contributed by atoms with Gasteiger partial charge in [-0.2, -0.15) is 0 Å². The van der Waals surface area contributed by atoms with E-state index in [1.54, 1.807) is 0 Å². The summed E-state index contributed by atoms with van der Waals surface area (Å²) in [6.45, 7) is 0.0858. The van der Waals surface area contributed by atoms with Crippen molar-refractivity contribution in [2.45, 2.75) is 4.90 Å². The molecule has 0 unspecified atom stereocenters. The Labute approximate surface area is 109 Å². The minimum Gasteiger partial charge on any atom is -0.744 e. The Hall–Kier alpha value is -1.33. The van der Waals surface area contributed by atoms with Crippen molar-refractivity contribution in [1.82, 2.24) is 0 Å². The third kappa shape index (κ3) is 4.58. The zero-order chi connectivity index (χ0) is 12.2. The van der Waals surface area contributed by atoms with Crippen LogP contribution in [0.5, 0.6) is 11.5 Å². The maximum Gasteiger partial charge on any atom is 1.00 e. The van der Waals surface area contributed by atoms with Crippen molar-refractivity contribution in [3.05, 3.63) is 18.2 Å². The zero-order valence-electron chi connectivity index (χ0n) is 8.65. The second-order valence-electron chi connectivity index (χ2n) is 2.52. The Morgan fingerprint density at radius 1 is 1.00 bits per heavy atom. The van der Waals surface area contributed by atoms with Gasteiger partial charge in [-0.05, 0) is 12.1 Å². The van der Waals surface area contributed by atoms with Crippen LogP contribution in [0.25, 0.3) is 0 Å². The van der Waals surface area contributed by atoms with Crippen LogP contribution < -0.4 is 28.3 Å². The fourth-order valence-corrected chi connectivity index (χ4v) is 1.46. The molecule has 0 aliphatic rings. The van der Waals surface area contributed by atoms with Gasteiger partial charge >= 0.3 is 18.9 Å². The van der Waals surface area contributed by atoms with Gasteiger partial charge in [0.25, 0.3) is 12.9 Å². The van der Waals surface area contributed by atoms with Gasteiger partial charge in [0, 0.05) is 6.07 Å². The molecule has 86 valence electrons. The fraction of sp³-hybridized carbons (Fsp3) is 0. The molecule has 0 aliphatic carbocycles. The Balaban J connectivity index is 0.00000256. The first-order valence-corrected chi connectivity index (χ1v) is 5.20. The first-order chi connectivity index (χ1) is 7.47. The van der Waals surface area contributed by atoms with E-state index >= 15 is 0 Å². The quantitative estimate of drug-likeness (QED) is 0.306. The summed E-state index contributed by atoms with van der Waals surface area (Å²) < 4.78 is 40.8. The number of hydrogen-bond donors (Lipinski definition) is 0. The van der Waals surface area contributed by atoms with Crippen LogP contribution in [0.1, 0.15) is 0 Å². The molecule has 0 saturated carbocycles. The standard InChI is InChI=1S/C8H6O7S.Li/c9-4-14-6-1-7(15-5-10)3-8(2-6)16(11,12)13;/h1-5H,(H,11,12,13);/q;+1/p-1. The average Bonchev–Trinajstić information content (AvgIpc) is 2.17. The van der Waals surface area contributed by atoms with Gasteiger partial charge in [0.05, 0.1) is 4.90 Å². The second-order valence-corrected chi connectivity index (χ2v) is 3.90. The molecular formula is C8H5LiO7S. The molecule has 0 aliphatic heterocycles. The van der Waals surface area contributed by atoms with Crippen molar-refractivity contribution >= 4 is 23.1 Å². The van der Waals surface area contributed by atoms with Crippen LogP contribution in [0.15, 0.2) is 23.1 Å². The maximum absolute atomic E-state index is 10.7. The third-order valence-electron chi connectivity index (χ3n) is 1.51. The summed E-state index contributed by atoms with van der Waals surface area (Å²) in [6.07, 6.45) is 0. The molecule has 1 aromatic rings. The molecule has 0 spiro atoms. The predicted octanol–water partition coefficient (Wildman–Crippen LogP) is -3.33. The summed E-state index contributed by atoms with van der Waals surface area (Å²) in [5, 5.41) is 0. The van der Waals surface area contributed by atoms with E-state index < -0.39 is 15.0 Å². The Morgan fingerprint density at radius 2 is 1.41 bits per heavy atom. The van der Waals surface area contributed by atoms with Crippen LogP contribution >= 0.6 is 0 Å². The number of carbonyl (C=O) groups excluding carboxylic acids is 2. The number of ether oxygens (including phenoxy) is 2. The van der Waals surface area contributed by atoms with Gasteiger partial charge in [0.1, 0.15) is 21.6 Å². The predicted molar refractivity (Wildman–Crippen MR) is 47.8 cm³/mol. The van der Waals surface area contributed by atoms with Crippen molar-refractivity contribution < 1.29 is 50.9 Å². The summed E-state index contributed by atoms with van der Waals surface area (Å²) in [6, 6.07) is 2.76. The molecule has 0 atom stereocenters. The third-order valence-corrected chi connectivity index (χ3v) is 2.32. The van der Waals surface area contributed by atoms with E-state index in [1.807, 2.05) is 0 Å². The molecule has 0 saturated heterocycles. The van der Waals surface area contributed by atoms with E-state index in [0.717, 1.165) is 18.2 Å². The normalized spacial score (nSPS) is 9.94. The molecule has 0 bridgehead atoms. The van der Waals surface area contributed by atoms with Gasteiger partial charge in [-0.3, -0.25) is 9.59 Å². The Morgan fingerprint density at radius 3 is 1.71 bits per heavy atom. The number of hydrogen-bond acceptors (Lipinski definition) is 7. The SMILES string of the molecule is O=COc1cc(OC=O)cc(S(=O)(=O)[O-])c1.[Li+]. The minimum atomic E-state index is -4.73. The first kappa shape index (κ1) is 15.7. The van der Waals surface area contributed by atoms with Crippen molar-refractivity contribution in [1.29, 1.82) is 0 Å². The van der Waals surface area contributed by atoms with E-state index in [9.17, 15) is 22.6 Å². The van der Waals surface area contributed by atoms with Crippen molar-refractivity contribution in [2.75, 3.05) is 0 Å². The van der Waals surface area contributed by atoms with Crippen LogP contribution in [0.2, 0.25) is 0 Å². The zero-order valence-corrected chi connectivity index (χ0v) is 9.47. The summed E-state index contributed by atoms with van der Waals surface area (Å²) in [5.74, 6) is -0.437.